The minimum atomic E-state index is -0.580. The summed E-state index contributed by atoms with van der Waals surface area (Å²) in [6.45, 7) is 6.96. The summed E-state index contributed by atoms with van der Waals surface area (Å²) in [4.78, 5) is 24.4. The lowest BCUT2D eigenvalue weighted by molar-refractivity contribution is -0.119. The van der Waals surface area contributed by atoms with Crippen LogP contribution in [-0.4, -0.2) is 80.1 Å². The number of hydrogen-bond acceptors (Lipinski definition) is 8. The number of carbonyl (C=O) groups excluding carboxylic acids is 1. The van der Waals surface area contributed by atoms with Crippen LogP contribution < -0.4 is 20.3 Å². The third-order valence-corrected chi connectivity index (χ3v) is 8.02. The molecule has 2 atom stereocenters. The molecule has 9 nitrogen and oxygen atoms in total. The van der Waals surface area contributed by atoms with Crippen molar-refractivity contribution in [1.29, 1.82) is 0 Å². The quantitative estimate of drug-likeness (QED) is 0.472. The molecule has 9 heteroatoms. The molecule has 3 aliphatic heterocycles. The molecule has 3 saturated heterocycles. The number of aromatic nitrogens is 2. The van der Waals surface area contributed by atoms with E-state index in [4.69, 9.17) is 19.4 Å². The summed E-state index contributed by atoms with van der Waals surface area (Å²) in [7, 11) is 1.80. The number of amides is 1. The molecule has 4 heterocycles. The number of likely N-dealkylation sites (N-methyl/N-ethyl adjacent to an activating group) is 1. The van der Waals surface area contributed by atoms with Gasteiger partial charge in [0.05, 0.1) is 0 Å². The molecule has 37 heavy (non-hydrogen) atoms. The van der Waals surface area contributed by atoms with Gasteiger partial charge in [-0.15, -0.1) is 0 Å². The van der Waals surface area contributed by atoms with Crippen LogP contribution in [0.2, 0.25) is 0 Å². The summed E-state index contributed by atoms with van der Waals surface area (Å²) in [5, 5.41) is 16.0. The minimum absolute atomic E-state index is 0.0882. The summed E-state index contributed by atoms with van der Waals surface area (Å²) in [5.74, 6) is 3.01. The number of anilines is 1. The molecule has 1 spiro atoms. The van der Waals surface area contributed by atoms with Crippen molar-refractivity contribution >= 4 is 11.7 Å². The molecule has 0 bridgehead atoms. The Morgan fingerprint density at radius 2 is 2.16 bits per heavy atom. The van der Waals surface area contributed by atoms with Gasteiger partial charge in [-0.25, -0.2) is 9.97 Å². The highest BCUT2D eigenvalue weighted by atomic mass is 16.5. The van der Waals surface area contributed by atoms with Crippen molar-refractivity contribution < 1.29 is 19.4 Å². The summed E-state index contributed by atoms with van der Waals surface area (Å²) in [5.41, 5.74) is 3.19. The van der Waals surface area contributed by atoms with E-state index in [0.29, 0.717) is 30.5 Å². The van der Waals surface area contributed by atoms with Crippen molar-refractivity contribution in [3.8, 4) is 17.1 Å². The smallest absolute Gasteiger partial charge is 0.220 e. The van der Waals surface area contributed by atoms with Crippen molar-refractivity contribution in [2.75, 3.05) is 57.9 Å². The van der Waals surface area contributed by atoms with Gasteiger partial charge in [0.15, 0.2) is 5.82 Å². The second-order valence-electron chi connectivity index (χ2n) is 10.9. The normalized spacial score (nSPS) is 21.9. The highest BCUT2D eigenvalue weighted by molar-refractivity contribution is 5.79. The number of nitrogens with zero attached hydrogens (tertiary/aromatic N) is 3. The minimum Gasteiger partial charge on any atom is -0.491 e. The zero-order valence-corrected chi connectivity index (χ0v) is 22.0. The third-order valence-electron chi connectivity index (χ3n) is 8.02. The maximum absolute atomic E-state index is 11.9. The van der Waals surface area contributed by atoms with Crippen LogP contribution in [-0.2, 0) is 16.0 Å². The molecule has 1 amide bonds. The van der Waals surface area contributed by atoms with Crippen molar-refractivity contribution in [3.05, 3.63) is 35.5 Å². The number of hydrogen-bond donors (Lipinski definition) is 3. The van der Waals surface area contributed by atoms with Crippen LogP contribution >= 0.6 is 0 Å². The predicted octanol–water partition coefficient (Wildman–Crippen LogP) is 2.10. The van der Waals surface area contributed by atoms with Gasteiger partial charge in [-0.2, -0.15) is 0 Å². The number of aliphatic hydroxyl groups excluding tert-OH is 1. The molecular weight excluding hydrogens is 470 g/mol. The van der Waals surface area contributed by atoms with Crippen LogP contribution in [0.25, 0.3) is 11.4 Å². The van der Waals surface area contributed by atoms with E-state index in [1.54, 1.807) is 7.05 Å². The van der Waals surface area contributed by atoms with Gasteiger partial charge >= 0.3 is 0 Å². The molecule has 200 valence electrons. The topological polar surface area (TPSA) is 109 Å². The first kappa shape index (κ1) is 25.9. The van der Waals surface area contributed by atoms with Gasteiger partial charge in [0.1, 0.15) is 24.3 Å². The van der Waals surface area contributed by atoms with Gasteiger partial charge in [0, 0.05) is 62.6 Å². The summed E-state index contributed by atoms with van der Waals surface area (Å²) in [6, 6.07) is 7.79. The number of piperidine rings is 1. The average Bonchev–Trinajstić information content (AvgIpc) is 3.55. The molecule has 1 aromatic carbocycles. The van der Waals surface area contributed by atoms with Crippen LogP contribution in [0.3, 0.4) is 0 Å². The molecule has 3 aliphatic rings. The van der Waals surface area contributed by atoms with Gasteiger partial charge in [0.2, 0.25) is 5.91 Å². The first-order valence-electron chi connectivity index (χ1n) is 13.5. The Morgan fingerprint density at radius 3 is 2.86 bits per heavy atom. The number of rotatable bonds is 9. The van der Waals surface area contributed by atoms with E-state index < -0.39 is 6.10 Å². The van der Waals surface area contributed by atoms with Crippen LogP contribution in [0.4, 0.5) is 5.82 Å². The van der Waals surface area contributed by atoms with Crippen LogP contribution in [0.15, 0.2) is 24.3 Å². The summed E-state index contributed by atoms with van der Waals surface area (Å²) >= 11 is 0. The van der Waals surface area contributed by atoms with Gasteiger partial charge < -0.3 is 30.1 Å². The van der Waals surface area contributed by atoms with Crippen LogP contribution in [0.1, 0.15) is 36.9 Å². The monoisotopic (exact) mass is 509 g/mol. The van der Waals surface area contributed by atoms with E-state index in [1.165, 1.54) is 0 Å². The second-order valence-corrected chi connectivity index (χ2v) is 10.9. The fourth-order valence-electron chi connectivity index (χ4n) is 5.71. The van der Waals surface area contributed by atoms with Gasteiger partial charge in [-0.05, 0) is 63.1 Å². The van der Waals surface area contributed by atoms with Crippen molar-refractivity contribution in [1.82, 2.24) is 20.6 Å². The maximum Gasteiger partial charge on any atom is 0.220 e. The number of ether oxygens (including phenoxy) is 2. The summed E-state index contributed by atoms with van der Waals surface area (Å²) in [6.07, 6.45) is 3.95. The largest absolute Gasteiger partial charge is 0.491 e. The van der Waals surface area contributed by atoms with Crippen LogP contribution in [0.5, 0.6) is 5.75 Å². The zero-order valence-electron chi connectivity index (χ0n) is 22.0. The van der Waals surface area contributed by atoms with E-state index in [1.807, 2.05) is 24.3 Å². The Kier molecular flexibility index (Phi) is 7.92. The second kappa shape index (κ2) is 11.3. The molecule has 3 fully saturated rings. The zero-order chi connectivity index (χ0) is 25.8. The average molecular weight is 510 g/mol. The SMILES string of the molecule is CNCC(O)COc1cccc(-c2nc(C[C@@H]3CCOC3)c(C)c(N3CCC4(CC3)CNC(=O)C4)n2)c1. The molecule has 1 aromatic heterocycles. The molecule has 1 unspecified atom stereocenters. The van der Waals surface area contributed by atoms with E-state index in [9.17, 15) is 9.90 Å². The molecule has 0 radical (unpaired) electrons. The number of nitrogens with one attached hydrogen (secondary N) is 2. The lowest BCUT2D eigenvalue weighted by atomic mass is 9.77. The van der Waals surface area contributed by atoms with Crippen LogP contribution in [0, 0.1) is 18.3 Å². The predicted molar refractivity (Wildman–Crippen MR) is 142 cm³/mol. The highest BCUT2D eigenvalue weighted by Gasteiger charge is 2.41. The summed E-state index contributed by atoms with van der Waals surface area (Å²) < 4.78 is 11.5. The molecular formula is C28H39N5O4. The Balaban J connectivity index is 1.41. The Labute approximate surface area is 219 Å². The number of benzene rings is 1. The van der Waals surface area contributed by atoms with Crippen molar-refractivity contribution in [3.63, 3.8) is 0 Å². The van der Waals surface area contributed by atoms with Gasteiger partial charge in [0.25, 0.3) is 0 Å². The molecule has 2 aromatic rings. The van der Waals surface area contributed by atoms with E-state index >= 15 is 0 Å². The van der Waals surface area contributed by atoms with E-state index in [0.717, 1.165) is 81.2 Å². The number of aliphatic hydroxyl groups is 1. The van der Waals surface area contributed by atoms with E-state index in [-0.39, 0.29) is 17.9 Å². The fourth-order valence-corrected chi connectivity index (χ4v) is 5.71. The number of carbonyl (C=O) groups is 1. The standard InChI is InChI=1S/C28H39N5O4/c1-19-24(12-20-6-11-36-16-20)31-26(21-4-3-5-23(13-21)37-17-22(34)15-29-2)32-27(19)33-9-7-28(8-10-33)14-25(35)30-18-28/h3-5,13,20,22,29,34H,6-12,14-18H2,1-2H3,(H,30,35)/t20-,22?/m0/s1. The molecule has 3 N–H and O–H groups in total. The molecule has 5 rings (SSSR count). The highest BCUT2D eigenvalue weighted by Crippen LogP contribution is 2.39. The lowest BCUT2D eigenvalue weighted by Crippen LogP contribution is -2.42. The Morgan fingerprint density at radius 1 is 1.32 bits per heavy atom. The maximum atomic E-state index is 11.9. The Hall–Kier alpha value is -2.75. The third kappa shape index (κ3) is 6.05. The first-order valence-corrected chi connectivity index (χ1v) is 13.5. The van der Waals surface area contributed by atoms with Crippen molar-refractivity contribution in [2.24, 2.45) is 11.3 Å². The lowest BCUT2D eigenvalue weighted by Gasteiger charge is -2.39. The molecule has 0 saturated carbocycles. The van der Waals surface area contributed by atoms with E-state index in [2.05, 4.69) is 22.5 Å². The fraction of sp³-hybridized carbons (Fsp3) is 0.607. The van der Waals surface area contributed by atoms with Gasteiger partial charge in [-0.3, -0.25) is 4.79 Å². The Bertz CT molecular complexity index is 1100. The van der Waals surface area contributed by atoms with Crippen molar-refractivity contribution in [2.45, 2.75) is 45.1 Å². The first-order chi connectivity index (χ1) is 17.9. The van der Waals surface area contributed by atoms with Gasteiger partial charge in [-0.1, -0.05) is 12.1 Å². The molecule has 0 aliphatic carbocycles.